The number of ether oxygens (including phenoxy) is 2. The number of rotatable bonds is 5. The Morgan fingerprint density at radius 1 is 1.40 bits per heavy atom. The molecule has 0 radical (unpaired) electrons. The molecular formula is C14H21N3O3. The first-order chi connectivity index (χ1) is 9.72. The van der Waals surface area contributed by atoms with Crippen molar-refractivity contribution in [2.45, 2.75) is 38.6 Å². The predicted octanol–water partition coefficient (Wildman–Crippen LogP) is 2.02. The quantitative estimate of drug-likeness (QED) is 0.831. The third kappa shape index (κ3) is 3.82. The largest absolute Gasteiger partial charge is 0.478 e. The van der Waals surface area contributed by atoms with E-state index in [0.29, 0.717) is 24.5 Å². The summed E-state index contributed by atoms with van der Waals surface area (Å²) in [7, 11) is 1.44. The Labute approximate surface area is 118 Å². The van der Waals surface area contributed by atoms with Crippen LogP contribution in [0.15, 0.2) is 12.3 Å². The zero-order chi connectivity index (χ0) is 14.4. The van der Waals surface area contributed by atoms with Gasteiger partial charge in [0.05, 0.1) is 19.6 Å². The Hall–Kier alpha value is -1.85. The van der Waals surface area contributed by atoms with Crippen molar-refractivity contribution < 1.29 is 14.3 Å². The lowest BCUT2D eigenvalue weighted by molar-refractivity contribution is -0.146. The maximum absolute atomic E-state index is 11.5. The van der Waals surface area contributed by atoms with Crippen LogP contribution in [0.5, 0.6) is 5.88 Å². The number of nitrogens with one attached hydrogen (secondary N) is 1. The second-order valence-electron chi connectivity index (χ2n) is 4.87. The SMILES string of the molecule is CCOc1ccnc(NC2CCC(C(=O)OC)CC2)n1. The second-order valence-corrected chi connectivity index (χ2v) is 4.87. The van der Waals surface area contributed by atoms with E-state index >= 15 is 0 Å². The van der Waals surface area contributed by atoms with Crippen LogP contribution in [0.2, 0.25) is 0 Å². The fourth-order valence-electron chi connectivity index (χ4n) is 2.46. The van der Waals surface area contributed by atoms with Crippen LogP contribution in [0, 0.1) is 5.92 Å². The van der Waals surface area contributed by atoms with Gasteiger partial charge in [0.15, 0.2) is 0 Å². The zero-order valence-electron chi connectivity index (χ0n) is 12.0. The molecule has 1 aromatic heterocycles. The first-order valence-electron chi connectivity index (χ1n) is 7.03. The lowest BCUT2D eigenvalue weighted by Crippen LogP contribution is -2.30. The van der Waals surface area contributed by atoms with Crippen molar-refractivity contribution in [3.63, 3.8) is 0 Å². The van der Waals surface area contributed by atoms with Gasteiger partial charge in [0, 0.05) is 18.3 Å². The summed E-state index contributed by atoms with van der Waals surface area (Å²) in [4.78, 5) is 19.9. The normalized spacial score (nSPS) is 22.1. The number of anilines is 1. The molecule has 0 bridgehead atoms. The minimum Gasteiger partial charge on any atom is -0.478 e. The fourth-order valence-corrected chi connectivity index (χ4v) is 2.46. The summed E-state index contributed by atoms with van der Waals surface area (Å²) in [6, 6.07) is 2.04. The molecule has 0 amide bonds. The van der Waals surface area contributed by atoms with Crippen LogP contribution in [0.25, 0.3) is 0 Å². The monoisotopic (exact) mass is 279 g/mol. The number of carbonyl (C=O) groups excluding carboxylic acids is 1. The second kappa shape index (κ2) is 7.07. The minimum atomic E-state index is -0.0990. The Kier molecular flexibility index (Phi) is 5.15. The molecule has 1 saturated carbocycles. The smallest absolute Gasteiger partial charge is 0.308 e. The molecule has 1 N–H and O–H groups in total. The van der Waals surface area contributed by atoms with Gasteiger partial charge in [-0.2, -0.15) is 4.98 Å². The van der Waals surface area contributed by atoms with Crippen molar-refractivity contribution in [1.29, 1.82) is 0 Å². The topological polar surface area (TPSA) is 73.3 Å². The van der Waals surface area contributed by atoms with Crippen molar-refractivity contribution >= 4 is 11.9 Å². The highest BCUT2D eigenvalue weighted by molar-refractivity contribution is 5.72. The average Bonchev–Trinajstić information content (AvgIpc) is 2.48. The van der Waals surface area contributed by atoms with Crippen LogP contribution >= 0.6 is 0 Å². The third-order valence-corrected chi connectivity index (χ3v) is 3.52. The highest BCUT2D eigenvalue weighted by Crippen LogP contribution is 2.26. The van der Waals surface area contributed by atoms with Gasteiger partial charge in [0.1, 0.15) is 0 Å². The Morgan fingerprint density at radius 3 is 2.80 bits per heavy atom. The summed E-state index contributed by atoms with van der Waals surface area (Å²) in [6.45, 7) is 2.50. The molecule has 20 heavy (non-hydrogen) atoms. The number of carbonyl (C=O) groups is 1. The molecule has 0 atom stereocenters. The van der Waals surface area contributed by atoms with Crippen LogP contribution < -0.4 is 10.1 Å². The number of aromatic nitrogens is 2. The van der Waals surface area contributed by atoms with Crippen molar-refractivity contribution in [2.24, 2.45) is 5.92 Å². The van der Waals surface area contributed by atoms with Gasteiger partial charge in [0.25, 0.3) is 0 Å². The van der Waals surface area contributed by atoms with E-state index in [4.69, 9.17) is 9.47 Å². The van der Waals surface area contributed by atoms with Gasteiger partial charge in [-0.05, 0) is 32.6 Å². The minimum absolute atomic E-state index is 0.0359. The van der Waals surface area contributed by atoms with Gasteiger partial charge in [-0.3, -0.25) is 4.79 Å². The lowest BCUT2D eigenvalue weighted by atomic mass is 9.86. The first-order valence-corrected chi connectivity index (χ1v) is 7.03. The third-order valence-electron chi connectivity index (χ3n) is 3.52. The van der Waals surface area contributed by atoms with E-state index in [9.17, 15) is 4.79 Å². The molecule has 0 unspecified atom stereocenters. The molecule has 2 rings (SSSR count). The predicted molar refractivity (Wildman–Crippen MR) is 74.6 cm³/mol. The van der Waals surface area contributed by atoms with E-state index in [0.717, 1.165) is 25.7 Å². The Morgan fingerprint density at radius 2 is 2.15 bits per heavy atom. The molecular weight excluding hydrogens is 258 g/mol. The first kappa shape index (κ1) is 14.6. The van der Waals surface area contributed by atoms with Crippen LogP contribution in [-0.2, 0) is 9.53 Å². The molecule has 1 heterocycles. The average molecular weight is 279 g/mol. The Balaban J connectivity index is 1.86. The molecule has 0 spiro atoms. The van der Waals surface area contributed by atoms with E-state index in [2.05, 4.69) is 15.3 Å². The summed E-state index contributed by atoms with van der Waals surface area (Å²) in [5.41, 5.74) is 0. The van der Waals surface area contributed by atoms with Crippen molar-refractivity contribution in [3.05, 3.63) is 12.3 Å². The molecule has 0 saturated heterocycles. The molecule has 1 fully saturated rings. The summed E-state index contributed by atoms with van der Waals surface area (Å²) in [5, 5.41) is 3.30. The summed E-state index contributed by atoms with van der Waals surface area (Å²) < 4.78 is 10.1. The number of hydrogen-bond donors (Lipinski definition) is 1. The van der Waals surface area contributed by atoms with Gasteiger partial charge < -0.3 is 14.8 Å². The van der Waals surface area contributed by atoms with Crippen molar-refractivity contribution in [1.82, 2.24) is 9.97 Å². The number of esters is 1. The van der Waals surface area contributed by atoms with E-state index in [-0.39, 0.29) is 11.9 Å². The van der Waals surface area contributed by atoms with Gasteiger partial charge in [-0.1, -0.05) is 0 Å². The number of methoxy groups -OCH3 is 1. The highest BCUT2D eigenvalue weighted by Gasteiger charge is 2.27. The van der Waals surface area contributed by atoms with Crippen LogP contribution in [0.4, 0.5) is 5.95 Å². The molecule has 1 aromatic rings. The molecule has 1 aliphatic carbocycles. The van der Waals surface area contributed by atoms with Gasteiger partial charge in [0.2, 0.25) is 11.8 Å². The van der Waals surface area contributed by atoms with Crippen molar-refractivity contribution in [2.75, 3.05) is 19.0 Å². The fraction of sp³-hybridized carbons (Fsp3) is 0.643. The number of nitrogens with zero attached hydrogens (tertiary/aromatic N) is 2. The van der Waals surface area contributed by atoms with Crippen LogP contribution in [0.1, 0.15) is 32.6 Å². The molecule has 110 valence electrons. The number of hydrogen-bond acceptors (Lipinski definition) is 6. The lowest BCUT2D eigenvalue weighted by Gasteiger charge is -2.27. The van der Waals surface area contributed by atoms with Crippen LogP contribution in [-0.4, -0.2) is 35.7 Å². The van der Waals surface area contributed by atoms with Crippen molar-refractivity contribution in [3.8, 4) is 5.88 Å². The standard InChI is InChI=1S/C14H21N3O3/c1-3-20-12-8-9-15-14(17-12)16-11-6-4-10(5-7-11)13(18)19-2/h8-11H,3-7H2,1-2H3,(H,15,16,17). The van der Waals surface area contributed by atoms with Gasteiger partial charge >= 0.3 is 5.97 Å². The molecule has 6 nitrogen and oxygen atoms in total. The highest BCUT2D eigenvalue weighted by atomic mass is 16.5. The van der Waals surface area contributed by atoms with Gasteiger partial charge in [-0.15, -0.1) is 0 Å². The zero-order valence-corrected chi connectivity index (χ0v) is 12.0. The van der Waals surface area contributed by atoms with E-state index in [1.165, 1.54) is 7.11 Å². The van der Waals surface area contributed by atoms with E-state index in [1.807, 2.05) is 6.92 Å². The molecule has 6 heteroatoms. The Bertz CT molecular complexity index is 445. The molecule has 0 aromatic carbocycles. The summed E-state index contributed by atoms with van der Waals surface area (Å²) >= 11 is 0. The summed E-state index contributed by atoms with van der Waals surface area (Å²) in [5.74, 6) is 1.09. The molecule has 0 aliphatic heterocycles. The van der Waals surface area contributed by atoms with Gasteiger partial charge in [-0.25, -0.2) is 4.98 Å². The van der Waals surface area contributed by atoms with E-state index < -0.39 is 0 Å². The van der Waals surface area contributed by atoms with Crippen LogP contribution in [0.3, 0.4) is 0 Å². The van der Waals surface area contributed by atoms with E-state index in [1.54, 1.807) is 12.3 Å². The maximum atomic E-state index is 11.5. The summed E-state index contributed by atoms with van der Waals surface area (Å²) in [6.07, 6.45) is 5.20. The molecule has 1 aliphatic rings. The maximum Gasteiger partial charge on any atom is 0.308 e.